The summed E-state index contributed by atoms with van der Waals surface area (Å²) in [5.74, 6) is -1.01. The maximum absolute atomic E-state index is 11.8. The van der Waals surface area contributed by atoms with Crippen molar-refractivity contribution in [3.63, 3.8) is 0 Å². The van der Waals surface area contributed by atoms with Gasteiger partial charge in [-0.15, -0.1) is 0 Å². The number of ether oxygens (including phenoxy) is 1. The zero-order valence-electron chi connectivity index (χ0n) is 12.1. The number of hydrogen-bond acceptors (Lipinski definition) is 6. The van der Waals surface area contributed by atoms with Gasteiger partial charge in [0.1, 0.15) is 10.6 Å². The summed E-state index contributed by atoms with van der Waals surface area (Å²) in [7, 11) is 2.15. The lowest BCUT2D eigenvalue weighted by molar-refractivity contribution is 0.0696. The van der Waals surface area contributed by atoms with Crippen molar-refractivity contribution in [3.05, 3.63) is 47.0 Å². The number of aromatic carboxylic acids is 1. The molecule has 3 rings (SSSR count). The van der Waals surface area contributed by atoms with E-state index in [2.05, 4.69) is 0 Å². The normalized spacial score (nSPS) is 13.5. The molecule has 1 aliphatic heterocycles. The third-order valence-corrected chi connectivity index (χ3v) is 6.21. The molecule has 2 aromatic rings. The van der Waals surface area contributed by atoms with E-state index in [0.717, 1.165) is 6.07 Å². The minimum Gasteiger partial charge on any atom is -0.478 e. The monoisotopic (exact) mass is 422 g/mol. The van der Waals surface area contributed by atoms with Gasteiger partial charge in [-0.25, -0.2) is 21.6 Å². The Labute approximate surface area is 151 Å². The standard InChI is InChI=1S/C14H8Cl2O7S2/c15-24(19,20)10-5-9-4-8-3-7(14(17)18)1-2-11(8)23-13(9)12(6-10)25(16,21)22/h1-3,5-6H,4H2,(H,17,18). The van der Waals surface area contributed by atoms with E-state index in [9.17, 15) is 21.6 Å². The lowest BCUT2D eigenvalue weighted by Crippen LogP contribution is -2.10. The first-order valence-electron chi connectivity index (χ1n) is 6.57. The summed E-state index contributed by atoms with van der Waals surface area (Å²) in [6.45, 7) is 0. The van der Waals surface area contributed by atoms with Crippen LogP contribution in [0.2, 0.25) is 0 Å². The first-order valence-corrected chi connectivity index (χ1v) is 11.2. The van der Waals surface area contributed by atoms with Crippen LogP contribution in [-0.4, -0.2) is 27.9 Å². The number of fused-ring (bicyclic) bond motifs is 2. The second kappa shape index (κ2) is 5.87. The molecule has 2 aromatic carbocycles. The van der Waals surface area contributed by atoms with Crippen LogP contribution in [0.25, 0.3) is 0 Å². The van der Waals surface area contributed by atoms with Crippen molar-refractivity contribution >= 4 is 45.4 Å². The van der Waals surface area contributed by atoms with Gasteiger partial charge >= 0.3 is 5.97 Å². The Hall–Kier alpha value is -1.81. The van der Waals surface area contributed by atoms with Crippen LogP contribution in [0.3, 0.4) is 0 Å². The first-order chi connectivity index (χ1) is 11.5. The number of benzene rings is 2. The van der Waals surface area contributed by atoms with Crippen molar-refractivity contribution < 1.29 is 31.5 Å². The van der Waals surface area contributed by atoms with E-state index in [1.165, 1.54) is 24.3 Å². The van der Waals surface area contributed by atoms with Gasteiger partial charge in [-0.1, -0.05) is 0 Å². The van der Waals surface area contributed by atoms with Gasteiger partial charge in [0.05, 0.1) is 10.5 Å². The van der Waals surface area contributed by atoms with Crippen LogP contribution in [0, 0.1) is 0 Å². The summed E-state index contributed by atoms with van der Waals surface area (Å²) in [6, 6.07) is 6.04. The average molecular weight is 423 g/mol. The number of hydrogen-bond donors (Lipinski definition) is 1. The summed E-state index contributed by atoms with van der Waals surface area (Å²) in [6.07, 6.45) is 0.0471. The molecular weight excluding hydrogens is 415 g/mol. The SMILES string of the molecule is O=C(O)c1ccc2c(c1)Cc1cc(S(=O)(=O)Cl)cc(S(=O)(=O)Cl)c1O2. The highest BCUT2D eigenvalue weighted by atomic mass is 35.7. The molecule has 0 radical (unpaired) electrons. The van der Waals surface area contributed by atoms with Gasteiger partial charge in [0.15, 0.2) is 5.75 Å². The van der Waals surface area contributed by atoms with Crippen molar-refractivity contribution in [2.75, 3.05) is 0 Å². The molecule has 0 saturated carbocycles. The van der Waals surface area contributed by atoms with E-state index in [0.29, 0.717) is 5.56 Å². The minimum absolute atomic E-state index is 0.0112. The second-order valence-corrected chi connectivity index (χ2v) is 10.3. The predicted molar refractivity (Wildman–Crippen MR) is 88.8 cm³/mol. The van der Waals surface area contributed by atoms with Gasteiger partial charge in [-0.2, -0.15) is 0 Å². The molecule has 0 atom stereocenters. The molecule has 0 bridgehead atoms. The number of halogens is 2. The Balaban J connectivity index is 2.24. The van der Waals surface area contributed by atoms with Crippen molar-refractivity contribution in [3.8, 4) is 11.5 Å². The summed E-state index contributed by atoms with van der Waals surface area (Å²) in [5.41, 5.74) is 0.669. The predicted octanol–water partition coefficient (Wildman–Crippen LogP) is 2.94. The lowest BCUT2D eigenvalue weighted by atomic mass is 9.98. The van der Waals surface area contributed by atoms with Crippen LogP contribution >= 0.6 is 21.4 Å². The fourth-order valence-electron chi connectivity index (χ4n) is 2.47. The Kier molecular flexibility index (Phi) is 4.23. The largest absolute Gasteiger partial charge is 0.478 e. The van der Waals surface area contributed by atoms with Gasteiger partial charge in [-0.3, -0.25) is 0 Å². The summed E-state index contributed by atoms with van der Waals surface area (Å²) in [4.78, 5) is 10.1. The summed E-state index contributed by atoms with van der Waals surface area (Å²) in [5, 5.41) is 9.05. The molecule has 7 nitrogen and oxygen atoms in total. The third kappa shape index (κ3) is 3.45. The van der Waals surface area contributed by atoms with Crippen LogP contribution in [0.4, 0.5) is 0 Å². The van der Waals surface area contributed by atoms with E-state index in [1.807, 2.05) is 0 Å². The average Bonchev–Trinajstić information content (AvgIpc) is 2.49. The highest BCUT2D eigenvalue weighted by Crippen LogP contribution is 2.43. The molecule has 0 fully saturated rings. The smallest absolute Gasteiger partial charge is 0.335 e. The zero-order chi connectivity index (χ0) is 18.6. The highest BCUT2D eigenvalue weighted by Gasteiger charge is 2.29. The molecule has 0 saturated heterocycles. The summed E-state index contributed by atoms with van der Waals surface area (Å²) < 4.78 is 52.4. The molecule has 1 N–H and O–H groups in total. The van der Waals surface area contributed by atoms with Gasteiger partial charge in [0.25, 0.3) is 18.1 Å². The fourth-order valence-corrected chi connectivity index (χ4v) is 4.36. The van der Waals surface area contributed by atoms with Crippen molar-refractivity contribution in [2.45, 2.75) is 16.2 Å². The lowest BCUT2D eigenvalue weighted by Gasteiger charge is -2.22. The van der Waals surface area contributed by atoms with E-state index >= 15 is 0 Å². The minimum atomic E-state index is -4.32. The molecule has 0 aliphatic carbocycles. The number of carboxylic acid groups (broad SMARTS) is 1. The Morgan fingerprint density at radius 2 is 1.68 bits per heavy atom. The topological polar surface area (TPSA) is 115 Å². The molecule has 25 heavy (non-hydrogen) atoms. The van der Waals surface area contributed by atoms with E-state index < -0.39 is 33.9 Å². The molecule has 11 heteroatoms. The molecule has 0 aromatic heterocycles. The third-order valence-electron chi connectivity index (χ3n) is 3.55. The molecule has 0 spiro atoms. The number of carboxylic acids is 1. The van der Waals surface area contributed by atoms with Gasteiger partial charge in [-0.05, 0) is 30.3 Å². The maximum Gasteiger partial charge on any atom is 0.335 e. The molecular formula is C14H8Cl2O7S2. The highest BCUT2D eigenvalue weighted by molar-refractivity contribution is 8.14. The molecule has 1 heterocycles. The van der Waals surface area contributed by atoms with Gasteiger partial charge in [0, 0.05) is 38.9 Å². The first kappa shape index (κ1) is 18.0. The zero-order valence-corrected chi connectivity index (χ0v) is 15.2. The van der Waals surface area contributed by atoms with Crippen molar-refractivity contribution in [2.24, 2.45) is 0 Å². The van der Waals surface area contributed by atoms with Crippen LogP contribution in [0.15, 0.2) is 40.1 Å². The van der Waals surface area contributed by atoms with Crippen LogP contribution < -0.4 is 4.74 Å². The maximum atomic E-state index is 11.8. The van der Waals surface area contributed by atoms with Crippen molar-refractivity contribution in [1.82, 2.24) is 0 Å². The Morgan fingerprint density at radius 1 is 1.00 bits per heavy atom. The quantitative estimate of drug-likeness (QED) is 0.644. The van der Waals surface area contributed by atoms with E-state index in [-0.39, 0.29) is 29.0 Å². The van der Waals surface area contributed by atoms with E-state index in [1.54, 1.807) is 0 Å². The molecule has 1 aliphatic rings. The van der Waals surface area contributed by atoms with Crippen LogP contribution in [0.5, 0.6) is 11.5 Å². The Bertz CT molecular complexity index is 1120. The van der Waals surface area contributed by atoms with Gasteiger partial charge in [0.2, 0.25) is 0 Å². The van der Waals surface area contributed by atoms with Crippen molar-refractivity contribution in [1.29, 1.82) is 0 Å². The Morgan fingerprint density at radius 3 is 2.24 bits per heavy atom. The fraction of sp³-hybridized carbons (Fsp3) is 0.0714. The van der Waals surface area contributed by atoms with Gasteiger partial charge < -0.3 is 9.84 Å². The number of rotatable bonds is 3. The second-order valence-electron chi connectivity index (χ2n) is 5.19. The van der Waals surface area contributed by atoms with E-state index in [4.69, 9.17) is 31.2 Å². The molecule has 0 unspecified atom stereocenters. The van der Waals surface area contributed by atoms with Crippen LogP contribution in [-0.2, 0) is 24.5 Å². The molecule has 0 amide bonds. The number of carbonyl (C=O) groups is 1. The van der Waals surface area contributed by atoms with Crippen LogP contribution in [0.1, 0.15) is 21.5 Å². The molecule has 132 valence electrons. The summed E-state index contributed by atoms with van der Waals surface area (Å²) >= 11 is 0.